The second-order valence-corrected chi connectivity index (χ2v) is 5.88. The van der Waals surface area contributed by atoms with Crippen LogP contribution in [0.1, 0.15) is 12.8 Å². The summed E-state index contributed by atoms with van der Waals surface area (Å²) in [4.78, 5) is 18.0. The second kappa shape index (κ2) is 7.50. The molecule has 1 aliphatic rings. The van der Waals surface area contributed by atoms with Gasteiger partial charge in [-0.05, 0) is 30.6 Å². The Morgan fingerprint density at radius 3 is 3.25 bits per heavy atom. The smallest absolute Gasteiger partial charge is 0.239 e. The highest BCUT2D eigenvalue weighted by Crippen LogP contribution is 2.18. The van der Waals surface area contributed by atoms with Gasteiger partial charge in [0.05, 0.1) is 18.8 Å². The zero-order chi connectivity index (χ0) is 14.4. The minimum Gasteiger partial charge on any atom is -0.487 e. The molecule has 2 atom stereocenters. The van der Waals surface area contributed by atoms with E-state index in [4.69, 9.17) is 10.5 Å². The number of pyridine rings is 1. The van der Waals surface area contributed by atoms with E-state index in [1.54, 1.807) is 24.2 Å². The molecule has 1 amide bonds. The monoisotopic (exact) mass is 295 g/mol. The molecular weight excluding hydrogens is 274 g/mol. The van der Waals surface area contributed by atoms with Crippen LogP contribution in [-0.4, -0.2) is 53.0 Å². The first-order valence-corrected chi connectivity index (χ1v) is 8.20. The molecule has 0 aromatic carbocycles. The van der Waals surface area contributed by atoms with Gasteiger partial charge in [-0.1, -0.05) is 0 Å². The fourth-order valence-corrected chi connectivity index (χ4v) is 2.73. The molecule has 1 saturated heterocycles. The van der Waals surface area contributed by atoms with E-state index in [1.807, 2.05) is 23.3 Å². The lowest BCUT2D eigenvalue weighted by molar-refractivity contribution is -0.131. The highest BCUT2D eigenvalue weighted by molar-refractivity contribution is 7.98. The molecule has 1 aromatic rings. The standard InChI is InChI=1S/C14H21N3O2S/c1-20-8-5-13(15)14(18)17-7-4-12(10-17)19-11-3-2-6-16-9-11/h2-3,6,9,12-13H,4-5,7-8,10,15H2,1H3/t12?,13-/m0/s1. The molecule has 1 unspecified atom stereocenters. The summed E-state index contributed by atoms with van der Waals surface area (Å²) in [6, 6.07) is 3.33. The molecule has 1 aromatic heterocycles. The Bertz CT molecular complexity index is 430. The first-order valence-electron chi connectivity index (χ1n) is 6.80. The van der Waals surface area contributed by atoms with Crippen LogP contribution in [0.2, 0.25) is 0 Å². The van der Waals surface area contributed by atoms with Gasteiger partial charge in [-0.15, -0.1) is 0 Å². The van der Waals surface area contributed by atoms with Gasteiger partial charge in [-0.25, -0.2) is 0 Å². The van der Waals surface area contributed by atoms with Crippen LogP contribution in [0.25, 0.3) is 0 Å². The molecule has 5 nitrogen and oxygen atoms in total. The highest BCUT2D eigenvalue weighted by atomic mass is 32.2. The minimum absolute atomic E-state index is 0.0379. The van der Waals surface area contributed by atoms with Crippen molar-refractivity contribution in [1.82, 2.24) is 9.88 Å². The molecule has 110 valence electrons. The Morgan fingerprint density at radius 1 is 1.70 bits per heavy atom. The van der Waals surface area contributed by atoms with Crippen LogP contribution in [0.3, 0.4) is 0 Å². The summed E-state index contributed by atoms with van der Waals surface area (Å²) in [6.07, 6.45) is 7.03. The van der Waals surface area contributed by atoms with E-state index in [1.165, 1.54) is 0 Å². The van der Waals surface area contributed by atoms with Gasteiger partial charge in [-0.3, -0.25) is 9.78 Å². The van der Waals surface area contributed by atoms with E-state index >= 15 is 0 Å². The maximum absolute atomic E-state index is 12.2. The SMILES string of the molecule is CSCC[C@H](N)C(=O)N1CCC(Oc2cccnc2)C1. The lowest BCUT2D eigenvalue weighted by Gasteiger charge is -2.20. The summed E-state index contributed by atoms with van der Waals surface area (Å²) in [6.45, 7) is 1.33. The van der Waals surface area contributed by atoms with Crippen molar-refractivity contribution in [1.29, 1.82) is 0 Å². The van der Waals surface area contributed by atoms with Crippen molar-refractivity contribution in [3.63, 3.8) is 0 Å². The number of likely N-dealkylation sites (tertiary alicyclic amines) is 1. The van der Waals surface area contributed by atoms with Gasteiger partial charge in [0.15, 0.2) is 0 Å². The molecule has 0 aliphatic carbocycles. The molecule has 0 radical (unpaired) electrons. The predicted octanol–water partition coefficient (Wildman–Crippen LogP) is 1.14. The van der Waals surface area contributed by atoms with Crippen LogP contribution in [0, 0.1) is 0 Å². The zero-order valence-electron chi connectivity index (χ0n) is 11.7. The average Bonchev–Trinajstić information content (AvgIpc) is 2.93. The van der Waals surface area contributed by atoms with Gasteiger partial charge in [0, 0.05) is 19.2 Å². The number of thioether (sulfide) groups is 1. The van der Waals surface area contributed by atoms with Gasteiger partial charge in [0.2, 0.25) is 5.91 Å². The maximum atomic E-state index is 12.2. The molecule has 2 N–H and O–H groups in total. The Morgan fingerprint density at radius 2 is 2.55 bits per heavy atom. The third kappa shape index (κ3) is 4.11. The van der Waals surface area contributed by atoms with Crippen LogP contribution in [0.15, 0.2) is 24.5 Å². The molecule has 6 heteroatoms. The van der Waals surface area contributed by atoms with Crippen LogP contribution in [0.5, 0.6) is 5.75 Å². The van der Waals surface area contributed by atoms with E-state index in [9.17, 15) is 4.79 Å². The number of hydrogen-bond acceptors (Lipinski definition) is 5. The molecule has 0 bridgehead atoms. The van der Waals surface area contributed by atoms with E-state index < -0.39 is 0 Å². The lowest BCUT2D eigenvalue weighted by Crippen LogP contribution is -2.43. The Labute approximate surface area is 123 Å². The first-order chi connectivity index (χ1) is 9.70. The van der Waals surface area contributed by atoms with Crippen molar-refractivity contribution in [3.8, 4) is 5.75 Å². The van der Waals surface area contributed by atoms with E-state index in [0.717, 1.165) is 30.9 Å². The van der Waals surface area contributed by atoms with Crippen LogP contribution in [-0.2, 0) is 4.79 Å². The Hall–Kier alpha value is -1.27. The Kier molecular flexibility index (Phi) is 5.67. The second-order valence-electron chi connectivity index (χ2n) is 4.89. The van der Waals surface area contributed by atoms with Crippen LogP contribution >= 0.6 is 11.8 Å². The predicted molar refractivity (Wildman–Crippen MR) is 80.8 cm³/mol. The van der Waals surface area contributed by atoms with E-state index in [-0.39, 0.29) is 18.1 Å². The highest BCUT2D eigenvalue weighted by Gasteiger charge is 2.30. The molecular formula is C14H21N3O2S. The van der Waals surface area contributed by atoms with Crippen molar-refractivity contribution in [2.45, 2.75) is 25.0 Å². The Balaban J connectivity index is 1.81. The topological polar surface area (TPSA) is 68.5 Å². The summed E-state index contributed by atoms with van der Waals surface area (Å²) < 4.78 is 5.82. The van der Waals surface area contributed by atoms with Crippen molar-refractivity contribution in [2.75, 3.05) is 25.1 Å². The molecule has 2 rings (SSSR count). The van der Waals surface area contributed by atoms with Crippen molar-refractivity contribution >= 4 is 17.7 Å². The third-order valence-corrected chi connectivity index (χ3v) is 3.99. The fourth-order valence-electron chi connectivity index (χ4n) is 2.24. The number of rotatable bonds is 6. The van der Waals surface area contributed by atoms with Gasteiger partial charge in [-0.2, -0.15) is 11.8 Å². The van der Waals surface area contributed by atoms with Crippen molar-refractivity contribution < 1.29 is 9.53 Å². The summed E-state index contributed by atoms with van der Waals surface area (Å²) in [5, 5.41) is 0. The van der Waals surface area contributed by atoms with Gasteiger partial charge in [0.25, 0.3) is 0 Å². The molecule has 0 spiro atoms. The molecule has 1 fully saturated rings. The van der Waals surface area contributed by atoms with E-state index in [2.05, 4.69) is 4.98 Å². The van der Waals surface area contributed by atoms with Crippen molar-refractivity contribution in [3.05, 3.63) is 24.5 Å². The number of hydrogen-bond donors (Lipinski definition) is 1. The normalized spacial score (nSPS) is 19.9. The first kappa shape index (κ1) is 15.1. The third-order valence-electron chi connectivity index (χ3n) is 3.34. The summed E-state index contributed by atoms with van der Waals surface area (Å²) >= 11 is 1.71. The number of carbonyl (C=O) groups is 1. The molecule has 0 saturated carbocycles. The minimum atomic E-state index is -0.389. The van der Waals surface area contributed by atoms with Gasteiger partial charge in [0.1, 0.15) is 11.9 Å². The number of carbonyl (C=O) groups excluding carboxylic acids is 1. The zero-order valence-corrected chi connectivity index (χ0v) is 12.5. The molecule has 20 heavy (non-hydrogen) atoms. The van der Waals surface area contributed by atoms with Gasteiger partial charge < -0.3 is 15.4 Å². The van der Waals surface area contributed by atoms with E-state index in [0.29, 0.717) is 6.54 Å². The summed E-state index contributed by atoms with van der Waals surface area (Å²) in [7, 11) is 0. The number of nitrogens with two attached hydrogens (primary N) is 1. The molecule has 2 heterocycles. The number of ether oxygens (including phenoxy) is 1. The quantitative estimate of drug-likeness (QED) is 0.852. The number of nitrogens with zero attached hydrogens (tertiary/aromatic N) is 2. The summed E-state index contributed by atoms with van der Waals surface area (Å²) in [5.74, 6) is 1.70. The van der Waals surface area contributed by atoms with Crippen LogP contribution in [0.4, 0.5) is 0 Å². The van der Waals surface area contributed by atoms with Gasteiger partial charge >= 0.3 is 0 Å². The maximum Gasteiger partial charge on any atom is 0.239 e. The molecule has 1 aliphatic heterocycles. The largest absolute Gasteiger partial charge is 0.487 e. The average molecular weight is 295 g/mol. The van der Waals surface area contributed by atoms with Crippen molar-refractivity contribution in [2.24, 2.45) is 5.73 Å². The summed E-state index contributed by atoms with van der Waals surface area (Å²) in [5.41, 5.74) is 5.93. The lowest BCUT2D eigenvalue weighted by atomic mass is 10.2. The number of aromatic nitrogens is 1. The number of amides is 1. The van der Waals surface area contributed by atoms with Crippen LogP contribution < -0.4 is 10.5 Å². The fraction of sp³-hybridized carbons (Fsp3) is 0.571.